The number of hydrogen-bond acceptors (Lipinski definition) is 5. The summed E-state index contributed by atoms with van der Waals surface area (Å²) in [6, 6.07) is 9.87. The molecular weight excluding hydrogens is 302 g/mol. The summed E-state index contributed by atoms with van der Waals surface area (Å²) >= 11 is 0. The van der Waals surface area contributed by atoms with Crippen molar-refractivity contribution in [3.05, 3.63) is 47.4 Å². The van der Waals surface area contributed by atoms with Gasteiger partial charge in [-0.05, 0) is 25.8 Å². The van der Waals surface area contributed by atoms with Gasteiger partial charge in [0, 0.05) is 13.6 Å². The first kappa shape index (κ1) is 15.1. The Morgan fingerprint density at radius 3 is 2.62 bits per heavy atom. The molecule has 0 unspecified atom stereocenters. The van der Waals surface area contributed by atoms with E-state index in [1.807, 2.05) is 51.2 Å². The Hall–Kier alpha value is -2.47. The van der Waals surface area contributed by atoms with Gasteiger partial charge in [0.25, 0.3) is 0 Å². The molecule has 0 amide bonds. The quantitative estimate of drug-likeness (QED) is 0.782. The van der Waals surface area contributed by atoms with Crippen LogP contribution in [0.3, 0.4) is 0 Å². The van der Waals surface area contributed by atoms with Gasteiger partial charge < -0.3 is 10.0 Å². The number of hydrogen-bond donors (Lipinski definition) is 1. The minimum atomic E-state index is -0.845. The summed E-state index contributed by atoms with van der Waals surface area (Å²) in [6.45, 7) is 5.15. The number of aryl methyl sites for hydroxylation is 3. The number of benzene rings is 1. The maximum absolute atomic E-state index is 11.1. The largest absolute Gasteiger partial charge is 0.383 e. The highest BCUT2D eigenvalue weighted by Gasteiger charge is 2.39. The van der Waals surface area contributed by atoms with Crippen molar-refractivity contribution < 1.29 is 5.11 Å². The molecule has 3 heterocycles. The van der Waals surface area contributed by atoms with Crippen molar-refractivity contribution in [2.75, 3.05) is 18.0 Å². The van der Waals surface area contributed by atoms with Gasteiger partial charge in [-0.1, -0.05) is 30.3 Å². The van der Waals surface area contributed by atoms with Gasteiger partial charge in [0.15, 0.2) is 5.65 Å². The molecule has 0 aliphatic carbocycles. The van der Waals surface area contributed by atoms with Crippen LogP contribution < -0.4 is 4.90 Å². The number of β-amino-alcohol motifs (C(OH)–C–C–N with tert-alkyl or cyclic N) is 1. The Bertz CT molecular complexity index is 905. The number of aromatic nitrogens is 4. The second-order valence-corrected chi connectivity index (χ2v) is 6.57. The average molecular weight is 323 g/mol. The van der Waals surface area contributed by atoms with E-state index in [0.717, 1.165) is 40.5 Å². The highest BCUT2D eigenvalue weighted by Crippen LogP contribution is 2.36. The summed E-state index contributed by atoms with van der Waals surface area (Å²) in [5.74, 6) is 1.59. The molecule has 0 saturated carbocycles. The number of aliphatic hydroxyl groups is 1. The monoisotopic (exact) mass is 323 g/mol. The van der Waals surface area contributed by atoms with Gasteiger partial charge in [0.05, 0.1) is 17.6 Å². The third-order valence-corrected chi connectivity index (χ3v) is 4.81. The third kappa shape index (κ3) is 2.26. The van der Waals surface area contributed by atoms with Gasteiger partial charge in [-0.3, -0.25) is 4.68 Å². The Morgan fingerprint density at radius 2 is 1.88 bits per heavy atom. The van der Waals surface area contributed by atoms with Gasteiger partial charge in [-0.25, -0.2) is 9.97 Å². The van der Waals surface area contributed by atoms with E-state index in [0.29, 0.717) is 13.0 Å². The van der Waals surface area contributed by atoms with Crippen LogP contribution in [0.1, 0.15) is 23.5 Å². The molecule has 3 aromatic rings. The zero-order valence-electron chi connectivity index (χ0n) is 14.2. The molecule has 24 heavy (non-hydrogen) atoms. The van der Waals surface area contributed by atoms with Gasteiger partial charge in [-0.15, -0.1) is 0 Å². The first-order valence-corrected chi connectivity index (χ1v) is 8.19. The van der Waals surface area contributed by atoms with Crippen LogP contribution in [-0.2, 0) is 12.6 Å². The van der Waals surface area contributed by atoms with Crippen molar-refractivity contribution in [2.24, 2.45) is 7.05 Å². The van der Waals surface area contributed by atoms with Crippen LogP contribution in [0.2, 0.25) is 0 Å². The molecule has 1 aliphatic heterocycles. The Labute approximate surface area is 140 Å². The van der Waals surface area contributed by atoms with Crippen LogP contribution in [-0.4, -0.2) is 37.9 Å². The van der Waals surface area contributed by atoms with Crippen LogP contribution in [0.15, 0.2) is 30.3 Å². The molecule has 1 atom stereocenters. The molecule has 1 N–H and O–H groups in total. The number of fused-ring (bicyclic) bond motifs is 1. The van der Waals surface area contributed by atoms with Gasteiger partial charge in [0.2, 0.25) is 0 Å². The van der Waals surface area contributed by atoms with E-state index in [1.165, 1.54) is 0 Å². The molecule has 6 heteroatoms. The predicted octanol–water partition coefficient (Wildman–Crippen LogP) is 2.08. The summed E-state index contributed by atoms with van der Waals surface area (Å²) in [5, 5.41) is 16.6. The molecular formula is C18H21N5O. The molecule has 2 aromatic heterocycles. The van der Waals surface area contributed by atoms with E-state index in [9.17, 15) is 5.11 Å². The Balaban J connectivity index is 1.77. The van der Waals surface area contributed by atoms with Crippen molar-refractivity contribution in [1.82, 2.24) is 19.7 Å². The van der Waals surface area contributed by atoms with Crippen molar-refractivity contribution in [2.45, 2.75) is 25.9 Å². The predicted molar refractivity (Wildman–Crippen MR) is 92.9 cm³/mol. The lowest BCUT2D eigenvalue weighted by Crippen LogP contribution is -2.31. The topological polar surface area (TPSA) is 67.1 Å². The van der Waals surface area contributed by atoms with E-state index in [4.69, 9.17) is 0 Å². The molecule has 1 fully saturated rings. The van der Waals surface area contributed by atoms with Gasteiger partial charge >= 0.3 is 0 Å². The summed E-state index contributed by atoms with van der Waals surface area (Å²) < 4.78 is 1.79. The van der Waals surface area contributed by atoms with Crippen molar-refractivity contribution in [3.8, 4) is 0 Å². The maximum Gasteiger partial charge on any atom is 0.163 e. The fraction of sp³-hybridized carbons (Fsp3) is 0.389. The van der Waals surface area contributed by atoms with E-state index in [-0.39, 0.29) is 0 Å². The van der Waals surface area contributed by atoms with Crippen LogP contribution >= 0.6 is 0 Å². The molecule has 0 spiro atoms. The molecule has 1 aromatic carbocycles. The van der Waals surface area contributed by atoms with Crippen molar-refractivity contribution >= 4 is 16.9 Å². The van der Waals surface area contributed by atoms with Crippen LogP contribution in [0.5, 0.6) is 0 Å². The minimum absolute atomic E-state index is 0.525. The molecule has 1 aliphatic rings. The van der Waals surface area contributed by atoms with Gasteiger partial charge in [-0.2, -0.15) is 5.10 Å². The lowest BCUT2D eigenvalue weighted by atomic mass is 9.93. The first-order chi connectivity index (χ1) is 11.5. The standard InChI is InChI=1S/C18H21N5O/c1-12-15-16(22(3)21-12)19-13(2)20-17(15)23-10-9-18(24,11-23)14-7-5-4-6-8-14/h4-8,24H,9-11H2,1-3H3/t18-/m0/s1. The van der Waals surface area contributed by atoms with Crippen LogP contribution in [0.25, 0.3) is 11.0 Å². The summed E-state index contributed by atoms with van der Waals surface area (Å²) in [7, 11) is 1.90. The molecule has 4 rings (SSSR count). The highest BCUT2D eigenvalue weighted by atomic mass is 16.3. The second kappa shape index (κ2) is 5.27. The second-order valence-electron chi connectivity index (χ2n) is 6.57. The zero-order valence-corrected chi connectivity index (χ0v) is 14.2. The number of nitrogens with zero attached hydrogens (tertiary/aromatic N) is 5. The Morgan fingerprint density at radius 1 is 1.12 bits per heavy atom. The number of anilines is 1. The van der Waals surface area contributed by atoms with Crippen molar-refractivity contribution in [3.63, 3.8) is 0 Å². The summed E-state index contributed by atoms with van der Waals surface area (Å²) in [5.41, 5.74) is 1.86. The van der Waals surface area contributed by atoms with E-state index >= 15 is 0 Å². The fourth-order valence-corrected chi connectivity index (χ4v) is 3.61. The van der Waals surface area contributed by atoms with Crippen LogP contribution in [0.4, 0.5) is 5.82 Å². The SMILES string of the molecule is Cc1nc(N2CC[C@@](O)(c3ccccc3)C2)c2c(C)nn(C)c2n1. The molecule has 124 valence electrons. The summed E-state index contributed by atoms with van der Waals surface area (Å²) in [6.07, 6.45) is 0.681. The van der Waals surface area contributed by atoms with Gasteiger partial charge in [0.1, 0.15) is 17.2 Å². The van der Waals surface area contributed by atoms with E-state index in [1.54, 1.807) is 4.68 Å². The lowest BCUT2D eigenvalue weighted by Gasteiger charge is -2.24. The highest BCUT2D eigenvalue weighted by molar-refractivity contribution is 5.90. The Kier molecular flexibility index (Phi) is 3.31. The minimum Gasteiger partial charge on any atom is -0.383 e. The fourth-order valence-electron chi connectivity index (χ4n) is 3.61. The zero-order chi connectivity index (χ0) is 16.9. The van der Waals surface area contributed by atoms with E-state index in [2.05, 4.69) is 20.0 Å². The van der Waals surface area contributed by atoms with Crippen molar-refractivity contribution in [1.29, 1.82) is 0 Å². The van der Waals surface area contributed by atoms with Crippen LogP contribution in [0, 0.1) is 13.8 Å². The summed E-state index contributed by atoms with van der Waals surface area (Å²) in [4.78, 5) is 11.3. The molecule has 1 saturated heterocycles. The first-order valence-electron chi connectivity index (χ1n) is 8.19. The molecule has 6 nitrogen and oxygen atoms in total. The maximum atomic E-state index is 11.1. The lowest BCUT2D eigenvalue weighted by molar-refractivity contribution is 0.0606. The normalized spacial score (nSPS) is 20.9. The molecule has 0 bridgehead atoms. The third-order valence-electron chi connectivity index (χ3n) is 4.81. The smallest absolute Gasteiger partial charge is 0.163 e. The average Bonchev–Trinajstić information content (AvgIpc) is 3.10. The van der Waals surface area contributed by atoms with E-state index < -0.39 is 5.60 Å². The number of rotatable bonds is 2. The molecule has 0 radical (unpaired) electrons.